The van der Waals surface area contributed by atoms with Crippen molar-refractivity contribution < 1.29 is 13.3 Å². The van der Waals surface area contributed by atoms with Crippen LogP contribution in [0.1, 0.15) is 47.2 Å². The van der Waals surface area contributed by atoms with Gasteiger partial charge >= 0.3 is 0 Å². The van der Waals surface area contributed by atoms with Crippen LogP contribution in [-0.4, -0.2) is 11.7 Å². The molecule has 0 saturated heterocycles. The number of allylic oxidation sites excluding steroid dienone is 1. The van der Waals surface area contributed by atoms with Crippen LogP contribution in [0.25, 0.3) is 0 Å². The molecule has 0 amide bonds. The van der Waals surface area contributed by atoms with Crippen molar-refractivity contribution in [3.63, 3.8) is 0 Å². The molecule has 10 heavy (non-hydrogen) atoms. The van der Waals surface area contributed by atoms with Gasteiger partial charge in [-0.25, -0.2) is 0 Å². The smallest absolute Gasteiger partial charge is 0.0573 e. The average molecular weight is 148 g/mol. The molecule has 0 aromatic carbocycles. The molecule has 0 unspecified atom stereocenters. The number of hydrogen-bond acceptors (Lipinski definition) is 1. The molecule has 0 atom stereocenters. The quantitative estimate of drug-likeness (QED) is 0.574. The van der Waals surface area contributed by atoms with Gasteiger partial charge in [0, 0.05) is 12.1 Å². The van der Waals surface area contributed by atoms with Crippen molar-refractivity contribution in [3.8, 4) is 0 Å². The van der Waals surface area contributed by atoms with E-state index < -0.39 is 13.2 Å². The fourth-order valence-corrected chi connectivity index (χ4v) is 0.512. The van der Waals surface area contributed by atoms with Gasteiger partial charge in [0.1, 0.15) is 0 Å². The van der Waals surface area contributed by atoms with E-state index in [0.29, 0.717) is 6.42 Å². The van der Waals surface area contributed by atoms with Gasteiger partial charge in [-0.15, -0.1) is 0 Å². The minimum atomic E-state index is -1.86. The second kappa shape index (κ2) is 8.70. The fourth-order valence-electron chi connectivity index (χ4n) is 0.512. The Morgan fingerprint density at radius 3 is 3.00 bits per heavy atom. The maximum absolute atomic E-state index is 8.57. The Bertz CT molecular complexity index is 238. The summed E-state index contributed by atoms with van der Waals surface area (Å²) in [6, 6.07) is 0.160. The molecule has 0 aromatic heterocycles. The lowest BCUT2D eigenvalue weighted by molar-refractivity contribution is 0.302. The van der Waals surface area contributed by atoms with E-state index >= 15 is 0 Å². The van der Waals surface area contributed by atoms with Gasteiger partial charge in [0.05, 0.1) is 2.74 Å². The minimum absolute atomic E-state index is 0.0411. The van der Waals surface area contributed by atoms with E-state index in [-0.39, 0.29) is 38.0 Å². The van der Waals surface area contributed by atoms with Crippen LogP contribution in [0.2, 0.25) is 0 Å². The third-order valence-electron chi connectivity index (χ3n) is 0.985. The van der Waals surface area contributed by atoms with Crippen LogP contribution in [0.5, 0.6) is 0 Å². The van der Waals surface area contributed by atoms with E-state index in [1.165, 1.54) is 0 Å². The first-order valence-corrected chi connectivity index (χ1v) is 3.42. The van der Waals surface area contributed by atoms with Gasteiger partial charge in [0.2, 0.25) is 0 Å². The molecule has 0 heterocycles. The molecule has 0 aliphatic carbocycles. The number of rotatable bonds is 6. The van der Waals surface area contributed by atoms with Gasteiger partial charge in [-0.1, -0.05) is 31.8 Å². The zero-order chi connectivity index (χ0) is 12.8. The molecule has 0 rings (SSSR count). The third-order valence-corrected chi connectivity index (χ3v) is 0.985. The Balaban J connectivity index is 4.04. The topological polar surface area (TPSA) is 20.2 Å². The largest absolute Gasteiger partial charge is 0.396 e. The first-order valence-electron chi connectivity index (χ1n) is 6.57. The summed E-state index contributed by atoms with van der Waals surface area (Å²) >= 11 is 0. The molecule has 0 fully saturated rings. The molecule has 0 aliphatic heterocycles. The third kappa shape index (κ3) is 7.70. The van der Waals surface area contributed by atoms with Gasteiger partial charge in [-0.05, 0) is 19.3 Å². The van der Waals surface area contributed by atoms with Crippen molar-refractivity contribution in [1.82, 2.24) is 0 Å². The van der Waals surface area contributed by atoms with Gasteiger partial charge in [0.25, 0.3) is 0 Å². The van der Waals surface area contributed by atoms with Crippen LogP contribution in [0.4, 0.5) is 0 Å². The monoisotopic (exact) mass is 148 g/mol. The van der Waals surface area contributed by atoms with Crippen LogP contribution >= 0.6 is 0 Å². The van der Waals surface area contributed by atoms with Crippen LogP contribution in [-0.2, 0) is 0 Å². The zero-order valence-corrected chi connectivity index (χ0v) is 6.06. The van der Waals surface area contributed by atoms with Crippen molar-refractivity contribution >= 4 is 0 Å². The second-order valence-corrected chi connectivity index (χ2v) is 1.88. The minimum Gasteiger partial charge on any atom is -0.396 e. The van der Waals surface area contributed by atoms with Crippen molar-refractivity contribution in [2.24, 2.45) is 0 Å². The van der Waals surface area contributed by atoms with Crippen molar-refractivity contribution in [2.75, 3.05) is 6.61 Å². The summed E-state index contributed by atoms with van der Waals surface area (Å²) < 4.78 is 43.5. The lowest BCUT2D eigenvalue weighted by Crippen LogP contribution is -1.76. The summed E-state index contributed by atoms with van der Waals surface area (Å²) in [5.41, 5.74) is 0. The molecule has 0 saturated carbocycles. The summed E-state index contributed by atoms with van der Waals surface area (Å²) in [6.45, 7) is -1.69. The predicted octanol–water partition coefficient (Wildman–Crippen LogP) is 2.51. The molecule has 0 aliphatic rings. The Morgan fingerprint density at radius 2 is 2.30 bits per heavy atom. The van der Waals surface area contributed by atoms with Crippen LogP contribution in [0, 0.1) is 0 Å². The van der Waals surface area contributed by atoms with E-state index in [1.807, 2.05) is 0 Å². The molecule has 1 N–H and O–H groups in total. The van der Waals surface area contributed by atoms with E-state index in [2.05, 4.69) is 0 Å². The first kappa shape index (κ1) is 3.40. The number of aliphatic hydroxyl groups is 1. The van der Waals surface area contributed by atoms with E-state index in [1.54, 1.807) is 0 Å². The lowest BCUT2D eigenvalue weighted by atomic mass is 10.2. The van der Waals surface area contributed by atoms with Crippen molar-refractivity contribution in [1.29, 1.82) is 0 Å². The van der Waals surface area contributed by atoms with Crippen molar-refractivity contribution in [3.05, 3.63) is 12.1 Å². The molecule has 60 valence electrons. The highest BCUT2D eigenvalue weighted by Crippen LogP contribution is 1.99. The first-order chi connectivity index (χ1) is 7.31. The van der Waals surface area contributed by atoms with Gasteiger partial charge < -0.3 is 5.11 Å². The molecule has 0 spiro atoms. The Kier molecular flexibility index (Phi) is 2.96. The average Bonchev–Trinajstić information content (AvgIpc) is 2.17. The van der Waals surface area contributed by atoms with Crippen LogP contribution in [0.15, 0.2) is 12.1 Å². The highest BCUT2D eigenvalue weighted by atomic mass is 16.2. The molecule has 1 heteroatoms. The number of hydrogen-bond donors (Lipinski definition) is 1. The second-order valence-electron chi connectivity index (χ2n) is 1.88. The van der Waals surface area contributed by atoms with Crippen LogP contribution < -0.4 is 0 Å². The normalized spacial score (nSPS) is 23.4. The van der Waals surface area contributed by atoms with Crippen LogP contribution in [0.3, 0.4) is 0 Å². The van der Waals surface area contributed by atoms with E-state index in [0.717, 1.165) is 0 Å². The highest BCUT2D eigenvalue weighted by molar-refractivity contribution is 4.80. The summed E-state index contributed by atoms with van der Waals surface area (Å²) in [7, 11) is 0. The predicted molar refractivity (Wildman–Crippen MR) is 45.0 cm³/mol. The Labute approximate surface area is 72.2 Å². The van der Waals surface area contributed by atoms with Gasteiger partial charge in [-0.2, -0.15) is 0 Å². The van der Waals surface area contributed by atoms with E-state index in [9.17, 15) is 0 Å². The molecular weight excluding hydrogens is 124 g/mol. The number of aliphatic hydroxyl groups excluding tert-OH is 1. The zero-order valence-electron chi connectivity index (χ0n) is 12.1. The van der Waals surface area contributed by atoms with E-state index in [4.69, 9.17) is 13.3 Å². The summed E-state index contributed by atoms with van der Waals surface area (Å²) in [4.78, 5) is 0. The SMILES string of the molecule is [2H]/C(CCO)=C(\[2H])CCCC([2H])([2H])C([2H])[2H]. The standard InChI is InChI=1S/C9H18O/c1-2-3-4-5-6-7-8-9-10/h6-7,10H,2-5,8-9H2,1H3/b7-6-/i1D2,2D2,6D,7D. The summed E-state index contributed by atoms with van der Waals surface area (Å²) in [5.74, 6) is 0. The summed E-state index contributed by atoms with van der Waals surface area (Å²) in [5, 5.41) is 8.57. The fraction of sp³-hybridized carbons (Fsp3) is 0.778. The molecule has 0 aromatic rings. The Morgan fingerprint density at radius 1 is 1.50 bits per heavy atom. The van der Waals surface area contributed by atoms with Gasteiger partial charge in [0.15, 0.2) is 0 Å². The maximum Gasteiger partial charge on any atom is 0.0573 e. The molecule has 0 bridgehead atoms. The highest BCUT2D eigenvalue weighted by Gasteiger charge is 1.80. The van der Waals surface area contributed by atoms with Gasteiger partial charge in [-0.3, -0.25) is 0 Å². The van der Waals surface area contributed by atoms with Crippen molar-refractivity contribution in [2.45, 2.75) is 38.9 Å². The molecular formula is C9H18O. The Hall–Kier alpha value is -0.300. The lowest BCUT2D eigenvalue weighted by Gasteiger charge is -1.90. The molecule has 1 nitrogen and oxygen atoms in total. The summed E-state index contributed by atoms with van der Waals surface area (Å²) in [6.07, 6.45) is -1.08. The maximum atomic E-state index is 8.57. The molecule has 0 radical (unpaired) electrons.